The minimum absolute atomic E-state index is 0.275. The molecule has 2 rings (SSSR count). The highest BCUT2D eigenvalue weighted by Crippen LogP contribution is 2.25. The van der Waals surface area contributed by atoms with Crippen molar-refractivity contribution < 1.29 is 14.5 Å². The van der Waals surface area contributed by atoms with E-state index in [2.05, 4.69) is 9.84 Å². The summed E-state index contributed by atoms with van der Waals surface area (Å²) in [5, 5.41) is 15.0. The van der Waals surface area contributed by atoms with Gasteiger partial charge in [0.2, 0.25) is 5.69 Å². The Kier molecular flexibility index (Phi) is 3.28. The number of methoxy groups -OCH3 is 1. The Morgan fingerprint density at radius 1 is 1.37 bits per heavy atom. The zero-order valence-corrected chi connectivity index (χ0v) is 10.4. The van der Waals surface area contributed by atoms with Gasteiger partial charge in [-0.3, -0.25) is 10.1 Å². The lowest BCUT2D eigenvalue weighted by Crippen LogP contribution is -2.06. The average Bonchev–Trinajstić information content (AvgIpc) is 2.76. The SMILES string of the molecule is COC(=O)c1nn(-c2ccccc2)c(C)c1[N+](=O)[O-]. The second-order valence-electron chi connectivity index (χ2n) is 3.78. The molecule has 0 atom stereocenters. The number of carbonyl (C=O) groups excluding carboxylic acids is 1. The molecule has 0 unspecified atom stereocenters. The van der Waals surface area contributed by atoms with Gasteiger partial charge in [-0.15, -0.1) is 0 Å². The number of nitrogens with zero attached hydrogens (tertiary/aromatic N) is 3. The molecule has 98 valence electrons. The largest absolute Gasteiger partial charge is 0.464 e. The number of rotatable bonds is 3. The summed E-state index contributed by atoms with van der Waals surface area (Å²) >= 11 is 0. The summed E-state index contributed by atoms with van der Waals surface area (Å²) in [5.74, 6) is -0.829. The number of nitro groups is 1. The van der Waals surface area contributed by atoms with Crippen LogP contribution < -0.4 is 0 Å². The van der Waals surface area contributed by atoms with Crippen molar-refractivity contribution >= 4 is 11.7 Å². The van der Waals surface area contributed by atoms with Crippen LogP contribution in [0.4, 0.5) is 5.69 Å². The quantitative estimate of drug-likeness (QED) is 0.478. The minimum Gasteiger partial charge on any atom is -0.464 e. The Balaban J connectivity index is 2.65. The third kappa shape index (κ3) is 2.17. The van der Waals surface area contributed by atoms with Crippen LogP contribution >= 0.6 is 0 Å². The molecule has 0 spiro atoms. The smallest absolute Gasteiger partial charge is 0.365 e. The third-order valence-corrected chi connectivity index (χ3v) is 2.65. The van der Waals surface area contributed by atoms with E-state index < -0.39 is 10.9 Å². The van der Waals surface area contributed by atoms with Crippen LogP contribution in [0.25, 0.3) is 5.69 Å². The van der Waals surface area contributed by atoms with E-state index in [1.165, 1.54) is 11.6 Å². The molecule has 0 aliphatic heterocycles. The second-order valence-corrected chi connectivity index (χ2v) is 3.78. The van der Waals surface area contributed by atoms with Crippen molar-refractivity contribution in [2.24, 2.45) is 0 Å². The van der Waals surface area contributed by atoms with Crippen molar-refractivity contribution in [1.29, 1.82) is 0 Å². The fourth-order valence-electron chi connectivity index (χ4n) is 1.77. The molecule has 0 aliphatic rings. The predicted molar refractivity (Wildman–Crippen MR) is 66.3 cm³/mol. The molecule has 0 saturated carbocycles. The van der Waals surface area contributed by atoms with Crippen molar-refractivity contribution in [2.75, 3.05) is 7.11 Å². The van der Waals surface area contributed by atoms with Crippen molar-refractivity contribution in [3.8, 4) is 5.69 Å². The minimum atomic E-state index is -0.829. The summed E-state index contributed by atoms with van der Waals surface area (Å²) < 4.78 is 5.86. The van der Waals surface area contributed by atoms with Gasteiger partial charge in [0.15, 0.2) is 0 Å². The fourth-order valence-corrected chi connectivity index (χ4v) is 1.77. The van der Waals surface area contributed by atoms with Gasteiger partial charge in [0.25, 0.3) is 0 Å². The number of hydrogen-bond acceptors (Lipinski definition) is 5. The first-order valence-corrected chi connectivity index (χ1v) is 5.44. The molecule has 1 aromatic heterocycles. The average molecular weight is 261 g/mol. The summed E-state index contributed by atoms with van der Waals surface area (Å²) in [6.45, 7) is 1.53. The lowest BCUT2D eigenvalue weighted by molar-refractivity contribution is -0.385. The molecule has 0 N–H and O–H groups in total. The normalized spacial score (nSPS) is 10.2. The lowest BCUT2D eigenvalue weighted by atomic mass is 10.3. The second kappa shape index (κ2) is 4.89. The Labute approximate surface area is 108 Å². The van der Waals surface area contributed by atoms with E-state index in [9.17, 15) is 14.9 Å². The number of benzene rings is 1. The van der Waals surface area contributed by atoms with Crippen LogP contribution in [-0.4, -0.2) is 27.8 Å². The Morgan fingerprint density at radius 3 is 2.53 bits per heavy atom. The molecule has 2 aromatic rings. The van der Waals surface area contributed by atoms with Gasteiger partial charge in [0.05, 0.1) is 17.7 Å². The van der Waals surface area contributed by atoms with Gasteiger partial charge in [0.1, 0.15) is 5.69 Å². The van der Waals surface area contributed by atoms with Crippen molar-refractivity contribution in [2.45, 2.75) is 6.92 Å². The molecular formula is C12H11N3O4. The van der Waals surface area contributed by atoms with Crippen LogP contribution in [0.3, 0.4) is 0 Å². The number of esters is 1. The molecule has 0 amide bonds. The number of ether oxygens (including phenoxy) is 1. The van der Waals surface area contributed by atoms with Crippen molar-refractivity contribution in [3.05, 3.63) is 51.8 Å². The molecule has 0 fully saturated rings. The zero-order valence-electron chi connectivity index (χ0n) is 10.4. The van der Waals surface area contributed by atoms with Gasteiger partial charge in [-0.25, -0.2) is 9.48 Å². The monoisotopic (exact) mass is 261 g/mol. The van der Waals surface area contributed by atoms with Crippen LogP contribution in [0.1, 0.15) is 16.2 Å². The molecule has 7 nitrogen and oxygen atoms in total. The van der Waals surface area contributed by atoms with Gasteiger partial charge in [-0.1, -0.05) is 18.2 Å². The highest BCUT2D eigenvalue weighted by atomic mass is 16.6. The first-order chi connectivity index (χ1) is 9.06. The van der Waals surface area contributed by atoms with Crippen molar-refractivity contribution in [1.82, 2.24) is 9.78 Å². The summed E-state index contributed by atoms with van der Waals surface area (Å²) in [5.41, 5.74) is 0.277. The first-order valence-electron chi connectivity index (χ1n) is 5.44. The van der Waals surface area contributed by atoms with Crippen molar-refractivity contribution in [3.63, 3.8) is 0 Å². The molecule has 0 aliphatic carbocycles. The highest BCUT2D eigenvalue weighted by molar-refractivity contribution is 5.92. The Bertz CT molecular complexity index is 634. The molecule has 0 bridgehead atoms. The van der Waals surface area contributed by atoms with Crippen LogP contribution in [0.2, 0.25) is 0 Å². The molecule has 1 aromatic carbocycles. The van der Waals surface area contributed by atoms with Gasteiger partial charge >= 0.3 is 11.7 Å². The Hall–Kier alpha value is -2.70. The molecule has 7 heteroatoms. The molecule has 0 radical (unpaired) electrons. The maximum atomic E-state index is 11.5. The number of para-hydroxylation sites is 1. The Morgan fingerprint density at radius 2 is 2.00 bits per heavy atom. The zero-order chi connectivity index (χ0) is 14.0. The van der Waals surface area contributed by atoms with Gasteiger partial charge in [0, 0.05) is 0 Å². The van der Waals surface area contributed by atoms with E-state index in [-0.39, 0.29) is 17.1 Å². The fraction of sp³-hybridized carbons (Fsp3) is 0.167. The van der Waals surface area contributed by atoms with E-state index in [0.29, 0.717) is 5.69 Å². The number of carbonyl (C=O) groups is 1. The number of hydrogen-bond donors (Lipinski definition) is 0. The van der Waals surface area contributed by atoms with E-state index in [0.717, 1.165) is 7.11 Å². The van der Waals surface area contributed by atoms with Crippen LogP contribution in [0, 0.1) is 17.0 Å². The van der Waals surface area contributed by atoms with Gasteiger partial charge < -0.3 is 4.74 Å². The van der Waals surface area contributed by atoms with E-state index in [1.54, 1.807) is 24.3 Å². The maximum Gasteiger partial charge on any atom is 0.365 e. The summed E-state index contributed by atoms with van der Waals surface area (Å²) in [4.78, 5) is 22.0. The van der Waals surface area contributed by atoms with E-state index in [1.807, 2.05) is 6.07 Å². The molecular weight excluding hydrogens is 250 g/mol. The highest BCUT2D eigenvalue weighted by Gasteiger charge is 2.30. The van der Waals surface area contributed by atoms with Crippen LogP contribution in [0.15, 0.2) is 30.3 Å². The summed E-state index contributed by atoms with van der Waals surface area (Å²) in [6.07, 6.45) is 0. The summed E-state index contributed by atoms with van der Waals surface area (Å²) in [7, 11) is 1.16. The van der Waals surface area contributed by atoms with Crippen LogP contribution in [-0.2, 0) is 4.74 Å². The number of aromatic nitrogens is 2. The topological polar surface area (TPSA) is 87.3 Å². The molecule has 0 saturated heterocycles. The van der Waals surface area contributed by atoms with Gasteiger partial charge in [-0.05, 0) is 19.1 Å². The lowest BCUT2D eigenvalue weighted by Gasteiger charge is -2.01. The predicted octanol–water partition coefficient (Wildman–Crippen LogP) is 1.88. The molecule has 19 heavy (non-hydrogen) atoms. The third-order valence-electron chi connectivity index (χ3n) is 2.65. The van der Waals surface area contributed by atoms with Crippen LogP contribution in [0.5, 0.6) is 0 Å². The van der Waals surface area contributed by atoms with Gasteiger partial charge in [-0.2, -0.15) is 5.10 Å². The first kappa shape index (κ1) is 12.7. The van der Waals surface area contributed by atoms with E-state index in [4.69, 9.17) is 0 Å². The standard InChI is InChI=1S/C12H11N3O4/c1-8-11(15(17)18)10(12(16)19-2)13-14(8)9-6-4-3-5-7-9/h3-7H,1-2H3. The maximum absolute atomic E-state index is 11.5. The summed E-state index contributed by atoms with van der Waals surface area (Å²) in [6, 6.07) is 8.85. The van der Waals surface area contributed by atoms with E-state index >= 15 is 0 Å². The molecule has 1 heterocycles.